The van der Waals surface area contributed by atoms with Crippen molar-refractivity contribution in [3.63, 3.8) is 0 Å². The molecule has 2 aliphatic rings. The van der Waals surface area contributed by atoms with Crippen LogP contribution in [0.15, 0.2) is 78.9 Å². The molecule has 2 aliphatic heterocycles. The zero-order chi connectivity index (χ0) is 24.2. The van der Waals surface area contributed by atoms with Gasteiger partial charge >= 0.3 is 0 Å². The number of rotatable bonds is 9. The van der Waals surface area contributed by atoms with Crippen LogP contribution in [0.25, 0.3) is 0 Å². The minimum absolute atomic E-state index is 0.0941. The summed E-state index contributed by atoms with van der Waals surface area (Å²) in [6.45, 7) is 3.05. The first-order chi connectivity index (χ1) is 17.1. The van der Waals surface area contributed by atoms with Crippen LogP contribution in [-0.2, 0) is 17.6 Å². The SMILES string of the molecule is NC(=O)C(c1ccccc1)C(Cc1ccccc1)C1CCN(CC(O)c2ccc3c(c2)CCO3)C1. The van der Waals surface area contributed by atoms with Gasteiger partial charge in [0.1, 0.15) is 5.75 Å². The van der Waals surface area contributed by atoms with Crippen LogP contribution in [0.3, 0.4) is 0 Å². The van der Waals surface area contributed by atoms with E-state index < -0.39 is 6.10 Å². The maximum atomic E-state index is 12.8. The van der Waals surface area contributed by atoms with E-state index in [0.29, 0.717) is 19.1 Å². The van der Waals surface area contributed by atoms with Gasteiger partial charge in [0, 0.05) is 19.5 Å². The number of primary amides is 1. The number of benzene rings is 3. The molecule has 5 nitrogen and oxygen atoms in total. The van der Waals surface area contributed by atoms with E-state index >= 15 is 0 Å². The molecule has 3 aromatic carbocycles. The molecule has 0 aromatic heterocycles. The van der Waals surface area contributed by atoms with Crippen molar-refractivity contribution in [3.05, 3.63) is 101 Å². The molecule has 0 spiro atoms. The van der Waals surface area contributed by atoms with Crippen LogP contribution >= 0.6 is 0 Å². The molecule has 4 unspecified atom stereocenters. The van der Waals surface area contributed by atoms with Gasteiger partial charge in [0.2, 0.25) is 5.91 Å². The third-order valence-corrected chi connectivity index (χ3v) is 7.65. The van der Waals surface area contributed by atoms with E-state index in [1.807, 2.05) is 60.7 Å². The zero-order valence-electron chi connectivity index (χ0n) is 20.1. The summed E-state index contributed by atoms with van der Waals surface area (Å²) in [5.41, 5.74) is 10.4. The highest BCUT2D eigenvalue weighted by atomic mass is 16.5. The summed E-state index contributed by atoms with van der Waals surface area (Å²) in [5, 5.41) is 11.0. The van der Waals surface area contributed by atoms with Crippen molar-refractivity contribution in [2.24, 2.45) is 17.6 Å². The Morgan fingerprint density at radius 3 is 2.51 bits per heavy atom. The lowest BCUT2D eigenvalue weighted by atomic mass is 9.74. The molecule has 3 N–H and O–H groups in total. The van der Waals surface area contributed by atoms with Crippen molar-refractivity contribution >= 4 is 5.91 Å². The second-order valence-electron chi connectivity index (χ2n) is 9.93. The van der Waals surface area contributed by atoms with Gasteiger partial charge < -0.3 is 20.5 Å². The molecule has 182 valence electrons. The Balaban J connectivity index is 1.33. The van der Waals surface area contributed by atoms with Crippen molar-refractivity contribution in [1.29, 1.82) is 0 Å². The number of ether oxygens (including phenoxy) is 1. The predicted octanol–water partition coefficient (Wildman–Crippen LogP) is 4.10. The van der Waals surface area contributed by atoms with Crippen LogP contribution in [0.4, 0.5) is 0 Å². The summed E-state index contributed by atoms with van der Waals surface area (Å²) in [5.74, 6) is 0.730. The molecule has 5 rings (SSSR count). The minimum Gasteiger partial charge on any atom is -0.493 e. The number of carbonyl (C=O) groups is 1. The fourth-order valence-electron chi connectivity index (χ4n) is 5.87. The van der Waals surface area contributed by atoms with E-state index in [4.69, 9.17) is 10.5 Å². The van der Waals surface area contributed by atoms with E-state index in [9.17, 15) is 9.90 Å². The molecule has 1 amide bonds. The van der Waals surface area contributed by atoms with Crippen LogP contribution in [0, 0.1) is 11.8 Å². The monoisotopic (exact) mass is 470 g/mol. The summed E-state index contributed by atoms with van der Waals surface area (Å²) < 4.78 is 5.60. The number of fused-ring (bicyclic) bond motifs is 1. The second-order valence-corrected chi connectivity index (χ2v) is 9.93. The van der Waals surface area contributed by atoms with Crippen molar-refractivity contribution in [2.45, 2.75) is 31.3 Å². The Kier molecular flexibility index (Phi) is 7.16. The Morgan fingerprint density at radius 2 is 1.77 bits per heavy atom. The summed E-state index contributed by atoms with van der Waals surface area (Å²) in [6.07, 6.45) is 2.14. The van der Waals surface area contributed by atoms with Gasteiger partial charge in [-0.1, -0.05) is 66.7 Å². The van der Waals surface area contributed by atoms with Gasteiger partial charge in [-0.2, -0.15) is 0 Å². The van der Waals surface area contributed by atoms with Crippen LogP contribution in [0.2, 0.25) is 0 Å². The predicted molar refractivity (Wildman–Crippen MR) is 137 cm³/mol. The topological polar surface area (TPSA) is 75.8 Å². The molecule has 1 saturated heterocycles. The van der Waals surface area contributed by atoms with E-state index in [0.717, 1.165) is 49.2 Å². The summed E-state index contributed by atoms with van der Waals surface area (Å²) in [4.78, 5) is 15.1. The highest BCUT2D eigenvalue weighted by Gasteiger charge is 2.38. The van der Waals surface area contributed by atoms with Crippen molar-refractivity contribution in [2.75, 3.05) is 26.2 Å². The first kappa shape index (κ1) is 23.6. The average molecular weight is 471 g/mol. The Morgan fingerprint density at radius 1 is 1.03 bits per heavy atom. The smallest absolute Gasteiger partial charge is 0.225 e. The fourth-order valence-corrected chi connectivity index (χ4v) is 5.87. The standard InChI is InChI=1S/C30H34N2O3/c31-30(34)29(22-9-5-2-6-10-22)26(17-21-7-3-1-4-8-21)25-13-15-32(19-25)20-27(33)23-11-12-28-24(18-23)14-16-35-28/h1-12,18,25-27,29,33H,13-17,19-20H2,(H2,31,34). The number of carbonyl (C=O) groups excluding carboxylic acids is 1. The van der Waals surface area contributed by atoms with Gasteiger partial charge in [-0.05, 0) is 65.6 Å². The van der Waals surface area contributed by atoms with Crippen molar-refractivity contribution in [3.8, 4) is 5.75 Å². The highest BCUT2D eigenvalue weighted by Crippen LogP contribution is 2.38. The number of nitrogens with two attached hydrogens (primary N) is 1. The van der Waals surface area contributed by atoms with Gasteiger partial charge in [0.05, 0.1) is 18.6 Å². The zero-order valence-corrected chi connectivity index (χ0v) is 20.1. The first-order valence-electron chi connectivity index (χ1n) is 12.6. The van der Waals surface area contributed by atoms with Crippen molar-refractivity contribution < 1.29 is 14.6 Å². The normalized spacial score (nSPS) is 20.1. The Bertz CT molecular complexity index is 1130. The highest BCUT2D eigenvalue weighted by molar-refractivity contribution is 5.82. The molecule has 2 heterocycles. The first-order valence-corrected chi connectivity index (χ1v) is 12.6. The van der Waals surface area contributed by atoms with Crippen LogP contribution < -0.4 is 10.5 Å². The number of nitrogens with zero attached hydrogens (tertiary/aromatic N) is 1. The summed E-state index contributed by atoms with van der Waals surface area (Å²) in [7, 11) is 0. The third-order valence-electron chi connectivity index (χ3n) is 7.65. The number of amides is 1. The fraction of sp³-hybridized carbons (Fsp3) is 0.367. The number of β-amino-alcohol motifs (C(OH)–C–C–N with tert-alkyl or cyclic N) is 1. The maximum Gasteiger partial charge on any atom is 0.225 e. The third kappa shape index (κ3) is 5.42. The quantitative estimate of drug-likeness (QED) is 0.494. The van der Waals surface area contributed by atoms with Crippen molar-refractivity contribution in [1.82, 2.24) is 4.90 Å². The van der Waals surface area contributed by atoms with E-state index in [1.54, 1.807) is 0 Å². The van der Waals surface area contributed by atoms with Gasteiger partial charge in [0.25, 0.3) is 0 Å². The summed E-state index contributed by atoms with van der Waals surface area (Å²) in [6, 6.07) is 26.4. The lowest BCUT2D eigenvalue weighted by Crippen LogP contribution is -2.35. The number of likely N-dealkylation sites (tertiary alicyclic amines) is 1. The summed E-state index contributed by atoms with van der Waals surface area (Å²) >= 11 is 0. The van der Waals surface area contributed by atoms with Crippen LogP contribution in [0.5, 0.6) is 5.75 Å². The van der Waals surface area contributed by atoms with Gasteiger partial charge in [-0.15, -0.1) is 0 Å². The average Bonchev–Trinajstić information content (AvgIpc) is 3.54. The molecule has 3 aromatic rings. The number of aliphatic hydroxyl groups is 1. The molecule has 0 bridgehead atoms. The van der Waals surface area contributed by atoms with Gasteiger partial charge in [0.15, 0.2) is 0 Å². The largest absolute Gasteiger partial charge is 0.493 e. The molecule has 1 fully saturated rings. The van der Waals surface area contributed by atoms with Gasteiger partial charge in [-0.3, -0.25) is 4.79 Å². The molecule has 0 saturated carbocycles. The lowest BCUT2D eigenvalue weighted by molar-refractivity contribution is -0.121. The molecule has 35 heavy (non-hydrogen) atoms. The van der Waals surface area contributed by atoms with Gasteiger partial charge in [-0.25, -0.2) is 0 Å². The molecule has 4 atom stereocenters. The number of hydrogen-bond donors (Lipinski definition) is 2. The molecule has 0 aliphatic carbocycles. The Hall–Kier alpha value is -3.15. The van der Waals surface area contributed by atoms with Crippen LogP contribution in [0.1, 0.15) is 40.7 Å². The molecular formula is C30H34N2O3. The maximum absolute atomic E-state index is 12.8. The number of hydrogen-bond acceptors (Lipinski definition) is 4. The minimum atomic E-state index is -0.548. The van der Waals surface area contributed by atoms with E-state index in [-0.39, 0.29) is 17.7 Å². The van der Waals surface area contributed by atoms with E-state index in [1.165, 1.54) is 11.1 Å². The number of aliphatic hydroxyl groups excluding tert-OH is 1. The van der Waals surface area contributed by atoms with E-state index in [2.05, 4.69) is 23.1 Å². The molecule has 5 heteroatoms. The second kappa shape index (κ2) is 10.6. The molecular weight excluding hydrogens is 436 g/mol. The molecule has 0 radical (unpaired) electrons. The Labute approximate surface area is 207 Å². The lowest BCUT2D eigenvalue weighted by Gasteiger charge is -2.31. The van der Waals surface area contributed by atoms with Crippen LogP contribution in [-0.4, -0.2) is 42.2 Å².